The fourth-order valence-electron chi connectivity index (χ4n) is 3.30. The molecule has 1 atom stereocenters. The lowest BCUT2D eigenvalue weighted by Crippen LogP contribution is -2.16. The molecular formula is C21H20N2O2S2. The molecule has 1 aromatic carbocycles. The number of carbonyl (C=O) groups excluding carboxylic acids is 2. The minimum atomic E-state index is -0.124. The topological polar surface area (TPSA) is 58.2 Å². The van der Waals surface area contributed by atoms with Crippen LogP contribution in [0.1, 0.15) is 43.8 Å². The van der Waals surface area contributed by atoms with Crippen LogP contribution in [-0.4, -0.2) is 11.8 Å². The van der Waals surface area contributed by atoms with E-state index in [0.29, 0.717) is 16.5 Å². The molecule has 2 amide bonds. The van der Waals surface area contributed by atoms with Crippen LogP contribution in [-0.2, 0) is 12.8 Å². The van der Waals surface area contributed by atoms with E-state index in [1.165, 1.54) is 21.8 Å². The Morgan fingerprint density at radius 1 is 1.00 bits per heavy atom. The van der Waals surface area contributed by atoms with Crippen LogP contribution in [0.25, 0.3) is 0 Å². The fourth-order valence-corrected chi connectivity index (χ4v) is 5.17. The van der Waals surface area contributed by atoms with E-state index in [-0.39, 0.29) is 11.8 Å². The summed E-state index contributed by atoms with van der Waals surface area (Å²) in [6, 6.07) is 10.8. The number of amides is 2. The zero-order valence-electron chi connectivity index (χ0n) is 15.0. The van der Waals surface area contributed by atoms with Gasteiger partial charge in [-0.1, -0.05) is 13.0 Å². The Labute approximate surface area is 166 Å². The van der Waals surface area contributed by atoms with E-state index in [4.69, 9.17) is 0 Å². The molecule has 1 aliphatic carbocycles. The highest BCUT2D eigenvalue weighted by molar-refractivity contribution is 7.12. The Kier molecular flexibility index (Phi) is 5.09. The molecule has 0 bridgehead atoms. The minimum Gasteiger partial charge on any atom is -0.322 e. The summed E-state index contributed by atoms with van der Waals surface area (Å²) in [6.45, 7) is 2.27. The van der Waals surface area contributed by atoms with E-state index >= 15 is 0 Å². The molecule has 1 aliphatic rings. The summed E-state index contributed by atoms with van der Waals surface area (Å²) in [7, 11) is 0. The average molecular weight is 397 g/mol. The molecule has 3 aromatic rings. The molecule has 6 heteroatoms. The molecule has 0 saturated carbocycles. The Balaban J connectivity index is 1.41. The van der Waals surface area contributed by atoms with Crippen LogP contribution in [0.2, 0.25) is 0 Å². The molecule has 1 unspecified atom stereocenters. The van der Waals surface area contributed by atoms with E-state index in [1.54, 1.807) is 29.5 Å². The van der Waals surface area contributed by atoms with Crippen molar-refractivity contribution >= 4 is 45.9 Å². The van der Waals surface area contributed by atoms with Crippen molar-refractivity contribution in [2.24, 2.45) is 5.92 Å². The Morgan fingerprint density at radius 3 is 2.37 bits per heavy atom. The van der Waals surface area contributed by atoms with Crippen LogP contribution < -0.4 is 10.6 Å². The molecule has 138 valence electrons. The van der Waals surface area contributed by atoms with Crippen molar-refractivity contribution in [1.29, 1.82) is 0 Å². The number of carbonyl (C=O) groups is 2. The van der Waals surface area contributed by atoms with Gasteiger partial charge in [0.1, 0.15) is 0 Å². The lowest BCUT2D eigenvalue weighted by molar-refractivity contribution is 0.101. The molecule has 4 nitrogen and oxygen atoms in total. The van der Waals surface area contributed by atoms with Crippen molar-refractivity contribution in [2.75, 3.05) is 10.6 Å². The number of benzene rings is 1. The van der Waals surface area contributed by atoms with Crippen molar-refractivity contribution in [2.45, 2.75) is 26.2 Å². The average Bonchev–Trinajstić information content (AvgIpc) is 3.32. The summed E-state index contributed by atoms with van der Waals surface area (Å²) < 4.78 is 0. The second-order valence-electron chi connectivity index (χ2n) is 6.86. The molecule has 27 heavy (non-hydrogen) atoms. The molecule has 0 fully saturated rings. The molecule has 4 rings (SSSR count). The van der Waals surface area contributed by atoms with Gasteiger partial charge in [0.05, 0.1) is 10.4 Å². The van der Waals surface area contributed by atoms with Gasteiger partial charge >= 0.3 is 0 Å². The second-order valence-corrected chi connectivity index (χ2v) is 8.77. The van der Waals surface area contributed by atoms with Crippen LogP contribution >= 0.6 is 22.7 Å². The Morgan fingerprint density at radius 2 is 1.70 bits per heavy atom. The zero-order valence-corrected chi connectivity index (χ0v) is 16.6. The van der Waals surface area contributed by atoms with Gasteiger partial charge in [0, 0.05) is 21.6 Å². The van der Waals surface area contributed by atoms with Gasteiger partial charge in [-0.25, -0.2) is 0 Å². The molecular weight excluding hydrogens is 376 g/mol. The lowest BCUT2D eigenvalue weighted by Gasteiger charge is -2.18. The highest BCUT2D eigenvalue weighted by Gasteiger charge is 2.23. The fraction of sp³-hybridized carbons (Fsp3) is 0.238. The van der Waals surface area contributed by atoms with Crippen LogP contribution in [0.5, 0.6) is 0 Å². The number of fused-ring (bicyclic) bond motifs is 1. The molecule has 2 aromatic heterocycles. The van der Waals surface area contributed by atoms with Crippen molar-refractivity contribution in [3.63, 3.8) is 0 Å². The molecule has 0 radical (unpaired) electrons. The number of anilines is 2. The van der Waals surface area contributed by atoms with Crippen LogP contribution in [0.15, 0.2) is 47.2 Å². The van der Waals surface area contributed by atoms with E-state index < -0.39 is 0 Å². The van der Waals surface area contributed by atoms with E-state index in [0.717, 1.165) is 30.5 Å². The van der Waals surface area contributed by atoms with Crippen LogP contribution in [0.3, 0.4) is 0 Å². The SMILES string of the molecule is CC1CCc2c(C(=O)Nc3ccc(NC(=O)c4cccs4)cc3)csc2C1. The summed E-state index contributed by atoms with van der Waals surface area (Å²) in [5.74, 6) is 0.516. The molecule has 0 saturated heterocycles. The quantitative estimate of drug-likeness (QED) is 0.617. The predicted molar refractivity (Wildman–Crippen MR) is 112 cm³/mol. The first-order valence-corrected chi connectivity index (χ1v) is 10.7. The number of thiophene rings is 2. The summed E-state index contributed by atoms with van der Waals surface area (Å²) in [6.07, 6.45) is 3.20. The van der Waals surface area contributed by atoms with Gasteiger partial charge in [0.2, 0.25) is 0 Å². The number of hydrogen-bond acceptors (Lipinski definition) is 4. The van der Waals surface area contributed by atoms with E-state index in [1.807, 2.05) is 29.0 Å². The number of hydrogen-bond donors (Lipinski definition) is 2. The predicted octanol–water partition coefficient (Wildman–Crippen LogP) is 5.44. The van der Waals surface area contributed by atoms with Gasteiger partial charge < -0.3 is 10.6 Å². The highest BCUT2D eigenvalue weighted by Crippen LogP contribution is 2.33. The third-order valence-corrected chi connectivity index (χ3v) is 6.71. The Hall–Kier alpha value is -2.44. The first-order chi connectivity index (χ1) is 13.1. The van der Waals surface area contributed by atoms with Crippen molar-refractivity contribution in [3.8, 4) is 0 Å². The van der Waals surface area contributed by atoms with E-state index in [2.05, 4.69) is 17.6 Å². The van der Waals surface area contributed by atoms with Crippen LogP contribution in [0, 0.1) is 5.92 Å². The van der Waals surface area contributed by atoms with Gasteiger partial charge in [0.15, 0.2) is 0 Å². The highest BCUT2D eigenvalue weighted by atomic mass is 32.1. The van der Waals surface area contributed by atoms with Gasteiger partial charge in [-0.2, -0.15) is 0 Å². The summed E-state index contributed by atoms with van der Waals surface area (Å²) in [5.41, 5.74) is 3.44. The standard InChI is InChI=1S/C21H20N2O2S2/c1-13-4-9-16-17(12-27-19(16)11-13)20(24)22-14-5-7-15(8-6-14)23-21(25)18-3-2-10-26-18/h2-3,5-8,10,12-13H,4,9,11H2,1H3,(H,22,24)(H,23,25). The van der Waals surface area contributed by atoms with E-state index in [9.17, 15) is 9.59 Å². The first kappa shape index (κ1) is 17.9. The maximum Gasteiger partial charge on any atom is 0.265 e. The van der Waals surface area contributed by atoms with Crippen molar-refractivity contribution in [3.05, 3.63) is 68.0 Å². The zero-order chi connectivity index (χ0) is 18.8. The summed E-state index contributed by atoms with van der Waals surface area (Å²) in [5, 5.41) is 9.68. The largest absolute Gasteiger partial charge is 0.322 e. The number of nitrogens with one attached hydrogen (secondary N) is 2. The van der Waals surface area contributed by atoms with Crippen molar-refractivity contribution in [1.82, 2.24) is 0 Å². The summed E-state index contributed by atoms with van der Waals surface area (Å²) in [4.78, 5) is 26.8. The lowest BCUT2D eigenvalue weighted by atomic mass is 9.88. The molecule has 0 spiro atoms. The van der Waals surface area contributed by atoms with Crippen molar-refractivity contribution < 1.29 is 9.59 Å². The third kappa shape index (κ3) is 3.96. The molecule has 2 heterocycles. The van der Waals surface area contributed by atoms with Gasteiger partial charge in [-0.05, 0) is 66.5 Å². The van der Waals surface area contributed by atoms with Gasteiger partial charge in [-0.3, -0.25) is 9.59 Å². The third-order valence-electron chi connectivity index (χ3n) is 4.79. The minimum absolute atomic E-state index is 0.0579. The monoisotopic (exact) mass is 396 g/mol. The summed E-state index contributed by atoms with van der Waals surface area (Å²) >= 11 is 3.10. The molecule has 2 N–H and O–H groups in total. The number of rotatable bonds is 4. The maximum atomic E-state index is 12.7. The first-order valence-electron chi connectivity index (χ1n) is 8.95. The molecule has 0 aliphatic heterocycles. The second kappa shape index (κ2) is 7.66. The smallest absolute Gasteiger partial charge is 0.265 e. The Bertz CT molecular complexity index is 959. The normalized spacial score (nSPS) is 15.8. The maximum absolute atomic E-state index is 12.7. The van der Waals surface area contributed by atoms with Crippen LogP contribution in [0.4, 0.5) is 11.4 Å². The van der Waals surface area contributed by atoms with Gasteiger partial charge in [0.25, 0.3) is 11.8 Å². The van der Waals surface area contributed by atoms with Gasteiger partial charge in [-0.15, -0.1) is 22.7 Å².